The van der Waals surface area contributed by atoms with Crippen LogP contribution in [0, 0.1) is 13.8 Å². The van der Waals surface area contributed by atoms with Crippen molar-refractivity contribution in [3.63, 3.8) is 0 Å². The van der Waals surface area contributed by atoms with Gasteiger partial charge in [-0.25, -0.2) is 9.97 Å². The predicted octanol–water partition coefficient (Wildman–Crippen LogP) is 1.35. The highest BCUT2D eigenvalue weighted by atomic mass is 15.1. The lowest BCUT2D eigenvalue weighted by atomic mass is 10.4. The molecule has 0 saturated heterocycles. The predicted molar refractivity (Wildman–Crippen MR) is 42.5 cm³/mol. The lowest BCUT2D eigenvalue weighted by Crippen LogP contribution is -1.87. The zero-order valence-corrected chi connectivity index (χ0v) is 6.57. The van der Waals surface area contributed by atoms with Crippen LogP contribution in [0.15, 0.2) is 18.6 Å². The van der Waals surface area contributed by atoms with E-state index >= 15 is 0 Å². The molecule has 0 radical (unpaired) electrons. The third kappa shape index (κ3) is 0.981. The number of aromatic nitrogens is 3. The molecule has 2 aromatic heterocycles. The van der Waals surface area contributed by atoms with Crippen molar-refractivity contribution >= 4 is 5.78 Å². The van der Waals surface area contributed by atoms with Crippen LogP contribution in [0.5, 0.6) is 0 Å². The van der Waals surface area contributed by atoms with Crippen LogP contribution in [0.3, 0.4) is 0 Å². The van der Waals surface area contributed by atoms with Gasteiger partial charge in [0.1, 0.15) is 0 Å². The van der Waals surface area contributed by atoms with Crippen molar-refractivity contribution in [1.82, 2.24) is 14.4 Å². The van der Waals surface area contributed by atoms with Gasteiger partial charge in [-0.3, -0.25) is 4.40 Å². The second-order valence-corrected chi connectivity index (χ2v) is 2.72. The van der Waals surface area contributed by atoms with Gasteiger partial charge >= 0.3 is 0 Å². The minimum atomic E-state index is 0.771. The molecule has 0 aliphatic rings. The van der Waals surface area contributed by atoms with E-state index in [9.17, 15) is 0 Å². The molecule has 2 heterocycles. The number of nitrogens with zero attached hydrogens (tertiary/aromatic N) is 3. The number of fused-ring (bicyclic) bond motifs is 1. The third-order valence-corrected chi connectivity index (χ3v) is 1.56. The summed E-state index contributed by atoms with van der Waals surface area (Å²) < 4.78 is 1.94. The van der Waals surface area contributed by atoms with E-state index in [1.54, 1.807) is 0 Å². The largest absolute Gasteiger partial charge is 0.291 e. The zero-order valence-electron chi connectivity index (χ0n) is 6.57. The Morgan fingerprint density at radius 1 is 1.27 bits per heavy atom. The van der Waals surface area contributed by atoms with E-state index in [2.05, 4.69) is 9.97 Å². The van der Waals surface area contributed by atoms with Crippen LogP contribution in [0.2, 0.25) is 0 Å². The highest BCUT2D eigenvalue weighted by Crippen LogP contribution is 2.02. The van der Waals surface area contributed by atoms with E-state index in [-0.39, 0.29) is 0 Å². The van der Waals surface area contributed by atoms with Gasteiger partial charge in [0, 0.05) is 18.6 Å². The van der Waals surface area contributed by atoms with Gasteiger partial charge in [-0.15, -0.1) is 0 Å². The monoisotopic (exact) mass is 147 g/mol. The van der Waals surface area contributed by atoms with Gasteiger partial charge in [0.05, 0.1) is 5.69 Å². The molecule has 0 amide bonds. The van der Waals surface area contributed by atoms with Gasteiger partial charge in [0.15, 0.2) is 0 Å². The molecule has 0 N–H and O–H groups in total. The molecule has 3 nitrogen and oxygen atoms in total. The molecule has 0 aliphatic carbocycles. The van der Waals surface area contributed by atoms with Crippen molar-refractivity contribution in [3.8, 4) is 0 Å². The average Bonchev–Trinajstić information content (AvgIpc) is 2.27. The van der Waals surface area contributed by atoms with Crippen LogP contribution in [-0.2, 0) is 0 Å². The van der Waals surface area contributed by atoms with Gasteiger partial charge in [-0.05, 0) is 19.4 Å². The fourth-order valence-electron chi connectivity index (χ4n) is 1.11. The first kappa shape index (κ1) is 6.34. The fraction of sp³-hybridized carbons (Fsp3) is 0.250. The molecule has 0 aliphatic heterocycles. The van der Waals surface area contributed by atoms with Gasteiger partial charge in [-0.1, -0.05) is 0 Å². The van der Waals surface area contributed by atoms with Crippen LogP contribution in [0.1, 0.15) is 11.3 Å². The minimum Gasteiger partial charge on any atom is -0.291 e. The second kappa shape index (κ2) is 2.05. The van der Waals surface area contributed by atoms with Crippen LogP contribution in [0.25, 0.3) is 5.78 Å². The SMILES string of the molecule is Cc1cnc2nc(C)cn2c1. The normalized spacial score (nSPS) is 10.7. The third-order valence-electron chi connectivity index (χ3n) is 1.56. The maximum atomic E-state index is 4.21. The van der Waals surface area contributed by atoms with E-state index < -0.39 is 0 Å². The van der Waals surface area contributed by atoms with Crippen molar-refractivity contribution in [1.29, 1.82) is 0 Å². The Balaban J connectivity index is 2.82. The molecule has 0 aromatic carbocycles. The Labute approximate surface area is 64.7 Å². The molecule has 0 fully saturated rings. The summed E-state index contributed by atoms with van der Waals surface area (Å²) in [5, 5.41) is 0. The van der Waals surface area contributed by atoms with Gasteiger partial charge < -0.3 is 0 Å². The highest BCUT2D eigenvalue weighted by molar-refractivity contribution is 5.30. The fourth-order valence-corrected chi connectivity index (χ4v) is 1.11. The summed E-state index contributed by atoms with van der Waals surface area (Å²) in [6, 6.07) is 0. The maximum Gasteiger partial charge on any atom is 0.233 e. The number of hydrogen-bond acceptors (Lipinski definition) is 2. The lowest BCUT2D eigenvalue weighted by Gasteiger charge is -1.91. The number of rotatable bonds is 0. The zero-order chi connectivity index (χ0) is 7.84. The number of imidazole rings is 1. The van der Waals surface area contributed by atoms with Crippen LogP contribution >= 0.6 is 0 Å². The van der Waals surface area contributed by atoms with Crippen molar-refractivity contribution in [2.75, 3.05) is 0 Å². The van der Waals surface area contributed by atoms with Crippen LogP contribution < -0.4 is 0 Å². The van der Waals surface area contributed by atoms with Gasteiger partial charge in [0.2, 0.25) is 5.78 Å². The molecule has 0 atom stereocenters. The Kier molecular flexibility index (Phi) is 1.18. The van der Waals surface area contributed by atoms with E-state index in [1.807, 2.05) is 36.8 Å². The topological polar surface area (TPSA) is 30.2 Å². The molecule has 3 heteroatoms. The molecule has 0 spiro atoms. The Hall–Kier alpha value is -1.38. The Morgan fingerprint density at radius 3 is 2.91 bits per heavy atom. The quantitative estimate of drug-likeness (QED) is 0.563. The maximum absolute atomic E-state index is 4.21. The first-order valence-electron chi connectivity index (χ1n) is 3.54. The molecule has 2 aromatic rings. The Bertz CT molecular complexity index is 389. The molecule has 0 saturated carbocycles. The standard InChI is InChI=1S/C8H9N3/c1-6-3-9-8-10-7(2)5-11(8)4-6/h3-5H,1-2H3. The van der Waals surface area contributed by atoms with Crippen molar-refractivity contribution in [2.45, 2.75) is 13.8 Å². The van der Waals surface area contributed by atoms with Crippen molar-refractivity contribution < 1.29 is 0 Å². The summed E-state index contributed by atoms with van der Waals surface area (Å²) >= 11 is 0. The second-order valence-electron chi connectivity index (χ2n) is 2.72. The smallest absolute Gasteiger partial charge is 0.233 e. The summed E-state index contributed by atoms with van der Waals surface area (Å²) in [6.45, 7) is 3.98. The van der Waals surface area contributed by atoms with E-state index in [1.165, 1.54) is 0 Å². The first-order valence-corrected chi connectivity index (χ1v) is 3.54. The molecule has 0 bridgehead atoms. The molecule has 2 rings (SSSR count). The number of aryl methyl sites for hydroxylation is 2. The summed E-state index contributed by atoms with van der Waals surface area (Å²) in [6.07, 6.45) is 5.80. The van der Waals surface area contributed by atoms with Crippen molar-refractivity contribution in [2.24, 2.45) is 0 Å². The Morgan fingerprint density at radius 2 is 2.09 bits per heavy atom. The number of hydrogen-bond donors (Lipinski definition) is 0. The molecule has 56 valence electrons. The molecular weight excluding hydrogens is 138 g/mol. The molecule has 11 heavy (non-hydrogen) atoms. The van der Waals surface area contributed by atoms with Gasteiger partial charge in [-0.2, -0.15) is 0 Å². The summed E-state index contributed by atoms with van der Waals surface area (Å²) in [4.78, 5) is 8.36. The summed E-state index contributed by atoms with van der Waals surface area (Å²) in [5.74, 6) is 0.771. The molecule has 0 unspecified atom stereocenters. The van der Waals surface area contributed by atoms with Crippen LogP contribution in [0.4, 0.5) is 0 Å². The minimum absolute atomic E-state index is 0.771. The van der Waals surface area contributed by atoms with E-state index in [0.29, 0.717) is 0 Å². The van der Waals surface area contributed by atoms with Crippen LogP contribution in [-0.4, -0.2) is 14.4 Å². The lowest BCUT2D eigenvalue weighted by molar-refractivity contribution is 1.08. The highest BCUT2D eigenvalue weighted by Gasteiger charge is 1.96. The molecular formula is C8H9N3. The summed E-state index contributed by atoms with van der Waals surface area (Å²) in [7, 11) is 0. The summed E-state index contributed by atoms with van der Waals surface area (Å²) in [5.41, 5.74) is 2.15. The van der Waals surface area contributed by atoms with E-state index in [0.717, 1.165) is 17.0 Å². The van der Waals surface area contributed by atoms with Crippen molar-refractivity contribution in [3.05, 3.63) is 29.8 Å². The first-order chi connectivity index (χ1) is 5.25. The average molecular weight is 147 g/mol. The van der Waals surface area contributed by atoms with Gasteiger partial charge in [0.25, 0.3) is 0 Å². The van der Waals surface area contributed by atoms with E-state index in [4.69, 9.17) is 0 Å².